The van der Waals surface area contributed by atoms with Gasteiger partial charge in [0.05, 0.1) is 30.1 Å². The smallest absolute Gasteiger partial charge is 0.180 e. The van der Waals surface area contributed by atoms with Crippen LogP contribution < -0.4 is 0 Å². The van der Waals surface area contributed by atoms with E-state index in [9.17, 15) is 23.8 Å². The molecule has 0 aliphatic carbocycles. The van der Waals surface area contributed by atoms with Crippen molar-refractivity contribution in [2.45, 2.75) is 42.6 Å². The molecular weight excluding hydrogens is 314 g/mol. The minimum atomic E-state index is -2.71. The van der Waals surface area contributed by atoms with Crippen LogP contribution in [0.2, 0.25) is 0 Å². The van der Waals surface area contributed by atoms with E-state index in [1.807, 2.05) is 0 Å². The molecule has 1 aliphatic heterocycles. The Hall–Kier alpha value is -0.130. The number of hydrogen-bond acceptors (Lipinski definition) is 8. The Morgan fingerprint density at radius 1 is 1.65 bits per heavy atom. The van der Waals surface area contributed by atoms with E-state index in [2.05, 4.69) is 0 Å². The van der Waals surface area contributed by atoms with Crippen LogP contribution >= 0.6 is 11.8 Å². The van der Waals surface area contributed by atoms with Gasteiger partial charge in [0.2, 0.25) is 0 Å². The molecule has 118 valence electrons. The maximum absolute atomic E-state index is 11.2. The highest BCUT2D eigenvalue weighted by molar-refractivity contribution is 7.79. The third kappa shape index (κ3) is 3.74. The van der Waals surface area contributed by atoms with Crippen molar-refractivity contribution in [1.29, 1.82) is 0 Å². The molecular formula is C10H17ClNO7S-. The minimum absolute atomic E-state index is 0.00442. The quantitative estimate of drug-likeness (QED) is 0.280. The highest BCUT2D eigenvalue weighted by Gasteiger charge is 2.46. The predicted octanol–water partition coefficient (Wildman–Crippen LogP) is -1.89. The number of rotatable bonds is 7. The third-order valence-electron chi connectivity index (χ3n) is 3.27. The summed E-state index contributed by atoms with van der Waals surface area (Å²) in [7, 11) is 0. The Labute approximate surface area is 123 Å². The van der Waals surface area contributed by atoms with Gasteiger partial charge in [-0.1, -0.05) is 0 Å². The SMILES string of the molecule is CC1(CC(C(O)C(O)CO)S(=O)[O-])COC(C=O)N1Cl. The highest BCUT2D eigenvalue weighted by atomic mass is 35.5. The van der Waals surface area contributed by atoms with Gasteiger partial charge in [-0.3, -0.25) is 9.00 Å². The van der Waals surface area contributed by atoms with Crippen LogP contribution in [-0.4, -0.2) is 77.2 Å². The van der Waals surface area contributed by atoms with Gasteiger partial charge in [0.25, 0.3) is 0 Å². The number of nitrogens with zero attached hydrogens (tertiary/aromatic N) is 1. The van der Waals surface area contributed by atoms with E-state index in [-0.39, 0.29) is 13.0 Å². The van der Waals surface area contributed by atoms with Gasteiger partial charge in [0.1, 0.15) is 6.10 Å². The number of aldehydes is 1. The Bertz CT molecular complexity index is 374. The molecule has 6 unspecified atom stereocenters. The maximum atomic E-state index is 11.2. The Morgan fingerprint density at radius 3 is 2.65 bits per heavy atom. The first-order chi connectivity index (χ1) is 9.26. The molecule has 10 heteroatoms. The lowest BCUT2D eigenvalue weighted by atomic mass is 9.93. The lowest BCUT2D eigenvalue weighted by molar-refractivity contribution is -0.119. The number of carbonyl (C=O) groups excluding carboxylic acids is 1. The fourth-order valence-corrected chi connectivity index (χ4v) is 3.15. The fraction of sp³-hybridized carbons (Fsp3) is 0.900. The molecule has 0 amide bonds. The number of hydrogen-bond donors (Lipinski definition) is 3. The second-order valence-electron chi connectivity index (χ2n) is 4.89. The summed E-state index contributed by atoms with van der Waals surface area (Å²) in [6.07, 6.45) is -3.96. The number of aliphatic hydroxyl groups is 3. The van der Waals surface area contributed by atoms with Gasteiger partial charge >= 0.3 is 0 Å². The number of aliphatic hydroxyl groups excluding tert-OH is 3. The van der Waals surface area contributed by atoms with E-state index in [0.29, 0.717) is 6.29 Å². The van der Waals surface area contributed by atoms with Crippen molar-refractivity contribution in [2.24, 2.45) is 0 Å². The molecule has 3 N–H and O–H groups in total. The molecule has 0 spiro atoms. The van der Waals surface area contributed by atoms with Crippen LogP contribution in [0.15, 0.2) is 0 Å². The lowest BCUT2D eigenvalue weighted by Gasteiger charge is -2.36. The summed E-state index contributed by atoms with van der Waals surface area (Å²) in [5, 5.41) is 26.5. The molecule has 1 rings (SSSR count). The Balaban J connectivity index is 2.86. The Morgan fingerprint density at radius 2 is 2.25 bits per heavy atom. The van der Waals surface area contributed by atoms with Gasteiger partial charge in [0, 0.05) is 0 Å². The van der Waals surface area contributed by atoms with E-state index >= 15 is 0 Å². The molecule has 8 nitrogen and oxygen atoms in total. The molecule has 0 bridgehead atoms. The van der Waals surface area contributed by atoms with E-state index < -0.39 is 46.9 Å². The second-order valence-corrected chi connectivity index (χ2v) is 6.38. The predicted molar refractivity (Wildman–Crippen MR) is 68.3 cm³/mol. The molecule has 0 aromatic carbocycles. The molecule has 1 heterocycles. The minimum Gasteiger partial charge on any atom is -0.772 e. The summed E-state index contributed by atoms with van der Waals surface area (Å²) in [4.78, 5) is 10.7. The van der Waals surface area contributed by atoms with Gasteiger partial charge in [-0.2, -0.15) is 4.42 Å². The number of halogens is 1. The Kier molecular flexibility index (Phi) is 6.48. The van der Waals surface area contributed by atoms with Gasteiger partial charge in [-0.05, 0) is 36.2 Å². The standard InChI is InChI=1S/C10H18ClNO7S/c1-10(5-19-8(4-14)12(10)11)2-7(20(17)18)9(16)6(15)3-13/h4,6-9,13,15-16H,2-3,5H2,1H3,(H,17,18)/p-1. The molecule has 6 atom stereocenters. The normalized spacial score (nSPS) is 33.6. The van der Waals surface area contributed by atoms with Crippen LogP contribution in [0, 0.1) is 0 Å². The number of carbonyl (C=O) groups is 1. The topological polar surface area (TPSA) is 130 Å². The average molecular weight is 331 g/mol. The molecule has 1 aliphatic rings. The van der Waals surface area contributed by atoms with Crippen LogP contribution in [0.4, 0.5) is 0 Å². The molecule has 20 heavy (non-hydrogen) atoms. The van der Waals surface area contributed by atoms with Gasteiger partial charge in [0.15, 0.2) is 12.5 Å². The third-order valence-corrected chi connectivity index (χ3v) is 4.81. The molecule has 1 saturated heterocycles. The van der Waals surface area contributed by atoms with Crippen molar-refractivity contribution in [3.8, 4) is 0 Å². The maximum Gasteiger partial charge on any atom is 0.180 e. The number of ether oxygens (including phenoxy) is 1. The van der Waals surface area contributed by atoms with Crippen LogP contribution in [0.5, 0.6) is 0 Å². The van der Waals surface area contributed by atoms with E-state index in [0.717, 1.165) is 4.42 Å². The fourth-order valence-electron chi connectivity index (χ4n) is 2.03. The van der Waals surface area contributed by atoms with Gasteiger partial charge < -0.3 is 24.6 Å². The molecule has 0 radical (unpaired) electrons. The second kappa shape index (κ2) is 7.23. The van der Waals surface area contributed by atoms with Crippen molar-refractivity contribution >= 4 is 29.1 Å². The summed E-state index contributed by atoms with van der Waals surface area (Å²) in [5.41, 5.74) is -1.01. The summed E-state index contributed by atoms with van der Waals surface area (Å²) >= 11 is 3.23. The van der Waals surface area contributed by atoms with E-state index in [1.54, 1.807) is 6.92 Å². The largest absolute Gasteiger partial charge is 0.772 e. The van der Waals surface area contributed by atoms with Crippen LogP contribution in [0.3, 0.4) is 0 Å². The first kappa shape index (κ1) is 17.9. The molecule has 0 saturated carbocycles. The summed E-state index contributed by atoms with van der Waals surface area (Å²) < 4.78 is 28.6. The molecule has 1 fully saturated rings. The van der Waals surface area contributed by atoms with Crippen molar-refractivity contribution in [2.75, 3.05) is 13.2 Å². The van der Waals surface area contributed by atoms with Crippen molar-refractivity contribution in [3.63, 3.8) is 0 Å². The van der Waals surface area contributed by atoms with Crippen LogP contribution in [0.1, 0.15) is 13.3 Å². The van der Waals surface area contributed by atoms with Gasteiger partial charge in [-0.15, -0.1) is 0 Å². The summed E-state index contributed by atoms with van der Waals surface area (Å²) in [6.45, 7) is 0.792. The van der Waals surface area contributed by atoms with E-state index in [1.165, 1.54) is 0 Å². The first-order valence-corrected chi connectivity index (χ1v) is 7.31. The van der Waals surface area contributed by atoms with Gasteiger partial charge in [-0.25, -0.2) is 0 Å². The average Bonchev–Trinajstić information content (AvgIpc) is 2.70. The summed E-state index contributed by atoms with van der Waals surface area (Å²) in [6, 6.07) is 0. The lowest BCUT2D eigenvalue weighted by Crippen LogP contribution is -2.50. The first-order valence-electron chi connectivity index (χ1n) is 5.84. The van der Waals surface area contributed by atoms with Crippen molar-refractivity contribution in [1.82, 2.24) is 4.42 Å². The monoisotopic (exact) mass is 330 g/mol. The summed E-state index contributed by atoms with van der Waals surface area (Å²) in [5.74, 6) is 0. The molecule has 0 aromatic rings. The van der Waals surface area contributed by atoms with Crippen molar-refractivity contribution < 1.29 is 33.6 Å². The molecule has 0 aromatic heterocycles. The zero-order chi connectivity index (χ0) is 15.5. The highest BCUT2D eigenvalue weighted by Crippen LogP contribution is 2.34. The van der Waals surface area contributed by atoms with Crippen LogP contribution in [0.25, 0.3) is 0 Å². The zero-order valence-electron chi connectivity index (χ0n) is 10.7. The zero-order valence-corrected chi connectivity index (χ0v) is 12.3. The van der Waals surface area contributed by atoms with Crippen LogP contribution in [-0.2, 0) is 20.6 Å². The van der Waals surface area contributed by atoms with Crippen molar-refractivity contribution in [3.05, 3.63) is 0 Å². The van der Waals surface area contributed by atoms with E-state index in [4.69, 9.17) is 21.6 Å².